The van der Waals surface area contributed by atoms with Gasteiger partial charge in [0.25, 0.3) is 0 Å². The molecule has 3 rings (SSSR count). The molecule has 0 bridgehead atoms. The Kier molecular flexibility index (Phi) is 7.06. The van der Waals surface area contributed by atoms with Crippen LogP contribution < -0.4 is 0 Å². The van der Waals surface area contributed by atoms with Crippen molar-refractivity contribution in [3.05, 3.63) is 71.7 Å². The SMILES string of the molecule is C=C1CC(=O)[C@H](CC=CCCCC(=O)O)[C@H]1C=C[C@@](C)(O)c1cc2ccccc2s1. The van der Waals surface area contributed by atoms with Crippen LogP contribution in [0, 0.1) is 11.8 Å². The summed E-state index contributed by atoms with van der Waals surface area (Å²) in [6.07, 6.45) is 10.0. The minimum Gasteiger partial charge on any atom is -0.481 e. The molecule has 4 nitrogen and oxygen atoms in total. The van der Waals surface area contributed by atoms with Crippen LogP contribution in [0.5, 0.6) is 0 Å². The van der Waals surface area contributed by atoms with Gasteiger partial charge in [-0.1, -0.05) is 54.7 Å². The van der Waals surface area contributed by atoms with E-state index in [1.54, 1.807) is 24.3 Å². The maximum atomic E-state index is 12.4. The number of hydrogen-bond acceptors (Lipinski definition) is 4. The van der Waals surface area contributed by atoms with Crippen molar-refractivity contribution in [1.82, 2.24) is 0 Å². The zero-order valence-electron chi connectivity index (χ0n) is 17.2. The lowest BCUT2D eigenvalue weighted by molar-refractivity contribution is -0.137. The summed E-state index contributed by atoms with van der Waals surface area (Å²) < 4.78 is 1.13. The van der Waals surface area contributed by atoms with Crippen molar-refractivity contribution in [2.75, 3.05) is 0 Å². The molecule has 0 saturated heterocycles. The van der Waals surface area contributed by atoms with Crippen molar-refractivity contribution in [3.63, 3.8) is 0 Å². The lowest BCUT2D eigenvalue weighted by atomic mass is 9.88. The third-order valence-corrected chi connectivity index (χ3v) is 6.93. The van der Waals surface area contributed by atoms with Crippen LogP contribution in [0.2, 0.25) is 0 Å². The summed E-state index contributed by atoms with van der Waals surface area (Å²) in [6, 6.07) is 10.1. The number of aliphatic carboxylic acids is 1. The first kappa shape index (κ1) is 22.2. The van der Waals surface area contributed by atoms with Crippen LogP contribution in [-0.2, 0) is 15.2 Å². The van der Waals surface area contributed by atoms with E-state index >= 15 is 0 Å². The first-order valence-electron chi connectivity index (χ1n) is 10.3. The zero-order valence-corrected chi connectivity index (χ0v) is 18.0. The standard InChI is InChI=1S/C25H28O4S/c1-17-15-21(26)20(10-5-3-4-6-12-24(27)28)19(17)13-14-25(2,29)23-16-18-9-7-8-11-22(18)30-23/h3,5,7-9,11,13-14,16,19-20,29H,1,4,6,10,12,15H2,2H3,(H,27,28)/t19-,20+,25+/m0/s1. The first-order valence-corrected chi connectivity index (χ1v) is 11.1. The Bertz CT molecular complexity index is 962. The molecule has 1 aliphatic carbocycles. The molecule has 158 valence electrons. The van der Waals surface area contributed by atoms with Gasteiger partial charge in [0.1, 0.15) is 11.4 Å². The van der Waals surface area contributed by atoms with Gasteiger partial charge in [-0.25, -0.2) is 0 Å². The molecule has 5 heteroatoms. The monoisotopic (exact) mass is 424 g/mol. The molecule has 1 aromatic carbocycles. The third kappa shape index (κ3) is 5.35. The molecule has 3 atom stereocenters. The van der Waals surface area contributed by atoms with Crippen LogP contribution in [0.1, 0.15) is 43.9 Å². The highest BCUT2D eigenvalue weighted by Gasteiger charge is 2.35. The van der Waals surface area contributed by atoms with Crippen LogP contribution in [0.25, 0.3) is 10.1 Å². The molecular weight excluding hydrogens is 396 g/mol. The van der Waals surface area contributed by atoms with Gasteiger partial charge in [-0.15, -0.1) is 11.3 Å². The van der Waals surface area contributed by atoms with E-state index in [0.717, 1.165) is 20.5 Å². The molecule has 0 unspecified atom stereocenters. The van der Waals surface area contributed by atoms with Gasteiger partial charge in [0.05, 0.1) is 0 Å². The topological polar surface area (TPSA) is 74.6 Å². The molecule has 2 aromatic rings. The summed E-state index contributed by atoms with van der Waals surface area (Å²) in [6.45, 7) is 5.85. The van der Waals surface area contributed by atoms with Crippen LogP contribution in [0.3, 0.4) is 0 Å². The molecule has 2 N–H and O–H groups in total. The maximum Gasteiger partial charge on any atom is 0.303 e. The van der Waals surface area contributed by atoms with Gasteiger partial charge in [-0.3, -0.25) is 9.59 Å². The summed E-state index contributed by atoms with van der Waals surface area (Å²) in [5.74, 6) is -0.891. The van der Waals surface area contributed by atoms with E-state index in [4.69, 9.17) is 5.11 Å². The van der Waals surface area contributed by atoms with Gasteiger partial charge in [-0.2, -0.15) is 0 Å². The summed E-state index contributed by atoms with van der Waals surface area (Å²) in [7, 11) is 0. The number of aliphatic hydroxyl groups is 1. The van der Waals surface area contributed by atoms with Crippen LogP contribution in [0.15, 0.2) is 66.8 Å². The van der Waals surface area contributed by atoms with Crippen molar-refractivity contribution in [1.29, 1.82) is 0 Å². The van der Waals surface area contributed by atoms with Gasteiger partial charge >= 0.3 is 5.97 Å². The minimum absolute atomic E-state index is 0.0953. The Labute approximate surface area is 181 Å². The van der Waals surface area contributed by atoms with E-state index in [1.165, 1.54) is 0 Å². The lowest BCUT2D eigenvalue weighted by Gasteiger charge is -2.20. The Hall–Kier alpha value is -2.50. The van der Waals surface area contributed by atoms with E-state index in [9.17, 15) is 14.7 Å². The highest BCUT2D eigenvalue weighted by molar-refractivity contribution is 7.19. The number of hydrogen-bond donors (Lipinski definition) is 2. The van der Waals surface area contributed by atoms with E-state index in [-0.39, 0.29) is 24.0 Å². The number of ketones is 1. The number of benzene rings is 1. The molecule has 0 spiro atoms. The second-order valence-electron chi connectivity index (χ2n) is 8.08. The molecule has 1 fully saturated rings. The highest BCUT2D eigenvalue weighted by Crippen LogP contribution is 2.39. The van der Waals surface area contributed by atoms with Crippen molar-refractivity contribution < 1.29 is 19.8 Å². The van der Waals surface area contributed by atoms with E-state index in [0.29, 0.717) is 25.7 Å². The number of carboxylic acids is 1. The predicted octanol–water partition coefficient (Wildman–Crippen LogP) is 5.63. The van der Waals surface area contributed by atoms with Gasteiger partial charge in [0.2, 0.25) is 0 Å². The number of carboxylic acid groups (broad SMARTS) is 1. The normalized spacial score (nSPS) is 21.8. The number of rotatable bonds is 9. The Balaban J connectivity index is 1.68. The number of carbonyl (C=O) groups excluding carboxylic acids is 1. The molecule has 0 aliphatic heterocycles. The smallest absolute Gasteiger partial charge is 0.303 e. The van der Waals surface area contributed by atoms with Gasteiger partial charge in [0, 0.05) is 34.3 Å². The second-order valence-corrected chi connectivity index (χ2v) is 9.17. The fourth-order valence-corrected chi connectivity index (χ4v) is 4.93. The van der Waals surface area contributed by atoms with E-state index in [1.807, 2.05) is 48.6 Å². The van der Waals surface area contributed by atoms with Gasteiger partial charge in [-0.05, 0) is 43.7 Å². The summed E-state index contributed by atoms with van der Waals surface area (Å²) >= 11 is 1.57. The zero-order chi connectivity index (χ0) is 21.7. The summed E-state index contributed by atoms with van der Waals surface area (Å²) in [5.41, 5.74) is -0.236. The third-order valence-electron chi connectivity index (χ3n) is 5.59. The minimum atomic E-state index is -1.12. The van der Waals surface area contributed by atoms with Crippen LogP contribution in [0.4, 0.5) is 0 Å². The Morgan fingerprint density at radius 1 is 1.33 bits per heavy atom. The van der Waals surface area contributed by atoms with E-state index in [2.05, 4.69) is 6.58 Å². The molecule has 1 aliphatic rings. The fraction of sp³-hybridized carbons (Fsp3) is 0.360. The number of carbonyl (C=O) groups is 2. The molecule has 1 aromatic heterocycles. The van der Waals surface area contributed by atoms with Crippen LogP contribution >= 0.6 is 11.3 Å². The number of thiophene rings is 1. The number of fused-ring (bicyclic) bond motifs is 1. The first-order chi connectivity index (χ1) is 14.3. The number of unbranched alkanes of at least 4 members (excludes halogenated alkanes) is 1. The van der Waals surface area contributed by atoms with Crippen molar-refractivity contribution in [3.8, 4) is 0 Å². The van der Waals surface area contributed by atoms with Crippen molar-refractivity contribution >= 4 is 33.2 Å². The lowest BCUT2D eigenvalue weighted by Crippen LogP contribution is -2.18. The largest absolute Gasteiger partial charge is 0.481 e. The molecule has 1 saturated carbocycles. The molecule has 0 radical (unpaired) electrons. The summed E-state index contributed by atoms with van der Waals surface area (Å²) in [5, 5.41) is 20.8. The van der Waals surface area contributed by atoms with Crippen molar-refractivity contribution in [2.24, 2.45) is 11.8 Å². The molecule has 0 amide bonds. The quantitative estimate of drug-likeness (QED) is 0.404. The Morgan fingerprint density at radius 2 is 2.10 bits per heavy atom. The highest BCUT2D eigenvalue weighted by atomic mass is 32.1. The average Bonchev–Trinajstić information content (AvgIpc) is 3.24. The fourth-order valence-electron chi connectivity index (χ4n) is 3.84. The summed E-state index contributed by atoms with van der Waals surface area (Å²) in [4.78, 5) is 23.9. The predicted molar refractivity (Wildman–Crippen MR) is 122 cm³/mol. The molecule has 1 heterocycles. The second kappa shape index (κ2) is 9.54. The van der Waals surface area contributed by atoms with Gasteiger partial charge < -0.3 is 10.2 Å². The molecular formula is C25H28O4S. The van der Waals surface area contributed by atoms with Crippen molar-refractivity contribution in [2.45, 2.75) is 44.6 Å². The number of allylic oxidation sites excluding steroid dienone is 4. The number of Topliss-reactive ketones (excluding diaryl/α,β-unsaturated/α-hetero) is 1. The average molecular weight is 425 g/mol. The van der Waals surface area contributed by atoms with Gasteiger partial charge in [0.15, 0.2) is 0 Å². The van der Waals surface area contributed by atoms with Crippen LogP contribution in [-0.4, -0.2) is 22.0 Å². The molecule has 30 heavy (non-hydrogen) atoms. The maximum absolute atomic E-state index is 12.4. The Morgan fingerprint density at radius 3 is 2.83 bits per heavy atom. The van der Waals surface area contributed by atoms with E-state index < -0.39 is 11.6 Å².